The summed E-state index contributed by atoms with van der Waals surface area (Å²) in [6.45, 7) is 8.47. The molecule has 0 aliphatic rings. The van der Waals surface area contributed by atoms with Crippen molar-refractivity contribution in [3.63, 3.8) is 0 Å². The van der Waals surface area contributed by atoms with E-state index in [-0.39, 0.29) is 0 Å². The third kappa shape index (κ3) is 3.46. The van der Waals surface area contributed by atoms with Crippen LogP contribution in [0.1, 0.15) is 38.3 Å². The van der Waals surface area contributed by atoms with Crippen molar-refractivity contribution in [2.75, 3.05) is 23.3 Å². The van der Waals surface area contributed by atoms with Crippen LogP contribution in [0.3, 0.4) is 0 Å². The Kier molecular flexibility index (Phi) is 5.58. The van der Waals surface area contributed by atoms with Crippen molar-refractivity contribution in [3.8, 4) is 6.07 Å². The van der Waals surface area contributed by atoms with Gasteiger partial charge >= 0.3 is 0 Å². The van der Waals surface area contributed by atoms with E-state index in [2.05, 4.69) is 82.8 Å². The average Bonchev–Trinajstić information content (AvgIpc) is 3.16. The smallest absolute Gasteiger partial charge is 0.250 e. The van der Waals surface area contributed by atoms with Gasteiger partial charge in [-0.1, -0.05) is 25.5 Å². The molecule has 0 aliphatic heterocycles. The lowest BCUT2D eigenvalue weighted by Crippen LogP contribution is -2.26. The van der Waals surface area contributed by atoms with E-state index in [0.717, 1.165) is 65.2 Å². The Bertz CT molecular complexity index is 1210. The highest BCUT2D eigenvalue weighted by Crippen LogP contribution is 2.25. The van der Waals surface area contributed by atoms with Crippen molar-refractivity contribution in [1.82, 2.24) is 4.98 Å². The minimum atomic E-state index is 0.718. The maximum atomic E-state index is 9.87. The molecule has 0 bridgehead atoms. The lowest BCUT2D eigenvalue weighted by Gasteiger charge is -2.20. The predicted octanol–water partition coefficient (Wildman–Crippen LogP) is 5.32. The largest absolute Gasteiger partial charge is 0.372 e. The lowest BCUT2D eigenvalue weighted by atomic mass is 10.1. The van der Waals surface area contributed by atoms with E-state index in [4.69, 9.17) is 0 Å². The molecule has 4 aromatic rings. The fraction of sp³-hybridized carbons (Fsp3) is 0.280. The molecule has 30 heavy (non-hydrogen) atoms. The molecule has 2 aromatic heterocycles. The van der Waals surface area contributed by atoms with Gasteiger partial charge in [0.1, 0.15) is 22.7 Å². The van der Waals surface area contributed by atoms with Crippen LogP contribution in [0.2, 0.25) is 0 Å². The monoisotopic (exact) mass is 398 g/mol. The van der Waals surface area contributed by atoms with E-state index in [1.165, 1.54) is 5.69 Å². The van der Waals surface area contributed by atoms with Crippen LogP contribution in [0.25, 0.3) is 16.7 Å². The summed E-state index contributed by atoms with van der Waals surface area (Å²) < 4.78 is 2.12. The molecule has 0 radical (unpaired) electrons. The molecular weight excluding hydrogens is 370 g/mol. The number of hydrogen-bond acceptors (Lipinski definition) is 3. The van der Waals surface area contributed by atoms with E-state index < -0.39 is 0 Å². The first-order valence-corrected chi connectivity index (χ1v) is 10.7. The Morgan fingerprint density at radius 2 is 1.77 bits per heavy atom. The van der Waals surface area contributed by atoms with Crippen LogP contribution < -0.4 is 14.6 Å². The summed E-state index contributed by atoms with van der Waals surface area (Å²) >= 11 is 0. The van der Waals surface area contributed by atoms with Crippen LogP contribution in [0.4, 0.5) is 17.2 Å². The van der Waals surface area contributed by atoms with Gasteiger partial charge in [0.2, 0.25) is 11.5 Å². The van der Waals surface area contributed by atoms with Gasteiger partial charge in [0.05, 0.1) is 5.69 Å². The van der Waals surface area contributed by atoms with Crippen molar-refractivity contribution in [1.29, 1.82) is 5.26 Å². The Hall–Kier alpha value is -3.52. The molecule has 0 amide bonds. The quantitative estimate of drug-likeness (QED) is 0.414. The molecular formula is C25H28N5+. The van der Waals surface area contributed by atoms with Crippen LogP contribution in [-0.4, -0.2) is 18.1 Å². The lowest BCUT2D eigenvalue weighted by molar-refractivity contribution is -0.464. The zero-order valence-corrected chi connectivity index (χ0v) is 17.9. The second-order valence-corrected chi connectivity index (χ2v) is 7.46. The van der Waals surface area contributed by atoms with Gasteiger partial charge in [-0.25, -0.2) is 0 Å². The zero-order valence-electron chi connectivity index (χ0n) is 17.9. The third-order valence-corrected chi connectivity index (χ3v) is 5.63. The average molecular weight is 399 g/mol. The predicted molar refractivity (Wildman–Crippen MR) is 123 cm³/mol. The summed E-state index contributed by atoms with van der Waals surface area (Å²) in [5.74, 6) is 0.959. The third-order valence-electron chi connectivity index (χ3n) is 5.63. The normalized spacial score (nSPS) is 11.0. The van der Waals surface area contributed by atoms with Crippen molar-refractivity contribution in [3.05, 3.63) is 65.7 Å². The fourth-order valence-corrected chi connectivity index (χ4v) is 4.13. The first-order valence-electron chi connectivity index (χ1n) is 10.7. The van der Waals surface area contributed by atoms with E-state index >= 15 is 0 Å². The van der Waals surface area contributed by atoms with E-state index in [0.29, 0.717) is 0 Å². The molecule has 5 heteroatoms. The summed E-state index contributed by atoms with van der Waals surface area (Å²) in [6, 6.07) is 21.2. The SMILES string of the molecule is CCCc1cc(Nc2ccc(N(CC)CC)cc2)[n+]2c([nH]c3ccccc32)c1C#N. The number of aromatic amines is 1. The molecule has 2 N–H and O–H groups in total. The minimum absolute atomic E-state index is 0.718. The van der Waals surface area contributed by atoms with Gasteiger partial charge in [0.15, 0.2) is 0 Å². The molecule has 0 aliphatic carbocycles. The molecule has 152 valence electrons. The second kappa shape index (κ2) is 8.46. The van der Waals surface area contributed by atoms with Gasteiger partial charge in [-0.3, -0.25) is 10.3 Å². The van der Waals surface area contributed by atoms with Crippen molar-refractivity contribution < 1.29 is 4.40 Å². The summed E-state index contributed by atoms with van der Waals surface area (Å²) in [5.41, 5.74) is 6.94. The van der Waals surface area contributed by atoms with E-state index in [1.807, 2.05) is 18.2 Å². The highest BCUT2D eigenvalue weighted by Gasteiger charge is 2.21. The van der Waals surface area contributed by atoms with Crippen molar-refractivity contribution >= 4 is 33.9 Å². The first-order chi connectivity index (χ1) is 14.7. The number of rotatable bonds is 7. The number of imidazole rings is 1. The summed E-state index contributed by atoms with van der Waals surface area (Å²) in [4.78, 5) is 5.79. The standard InChI is InChI=1S/C25H27N5/c1-4-9-18-16-24(27-19-12-14-20(15-13-19)29(5-2)6-3)30-23-11-8-7-10-22(23)28-25(30)21(18)17-26/h7-8,10-16H,4-6,9H2,1-3H3,(H,27,28)/p+1. The Morgan fingerprint density at radius 3 is 2.43 bits per heavy atom. The molecule has 0 spiro atoms. The number of aryl methyl sites for hydroxylation is 1. The Morgan fingerprint density at radius 1 is 1.03 bits per heavy atom. The van der Waals surface area contributed by atoms with Crippen molar-refractivity contribution in [2.45, 2.75) is 33.6 Å². The number of fused-ring (bicyclic) bond motifs is 3. The van der Waals surface area contributed by atoms with Gasteiger partial charge in [-0.2, -0.15) is 9.66 Å². The number of nitrogens with zero attached hydrogens (tertiary/aromatic N) is 3. The molecule has 0 fully saturated rings. The maximum absolute atomic E-state index is 9.87. The number of pyridine rings is 1. The molecule has 0 saturated carbocycles. The Labute approximate surface area is 177 Å². The highest BCUT2D eigenvalue weighted by molar-refractivity contribution is 5.78. The van der Waals surface area contributed by atoms with E-state index in [9.17, 15) is 5.26 Å². The van der Waals surface area contributed by atoms with Crippen molar-refractivity contribution in [2.24, 2.45) is 0 Å². The molecule has 5 nitrogen and oxygen atoms in total. The molecule has 4 rings (SSSR count). The number of hydrogen-bond donors (Lipinski definition) is 2. The maximum Gasteiger partial charge on any atom is 0.250 e. The van der Waals surface area contributed by atoms with Gasteiger partial charge in [-0.15, -0.1) is 0 Å². The molecule has 0 atom stereocenters. The summed E-state index contributed by atoms with van der Waals surface area (Å²) in [6.07, 6.45) is 1.85. The topological polar surface area (TPSA) is 58.9 Å². The number of benzene rings is 2. The van der Waals surface area contributed by atoms with Gasteiger partial charge in [0, 0.05) is 24.8 Å². The van der Waals surface area contributed by atoms with E-state index in [1.54, 1.807) is 0 Å². The molecule has 2 heterocycles. The number of H-pyrrole nitrogens is 1. The molecule has 2 aromatic carbocycles. The Balaban J connectivity index is 1.84. The van der Waals surface area contributed by atoms with Gasteiger partial charge in [0.25, 0.3) is 0 Å². The second-order valence-electron chi connectivity index (χ2n) is 7.46. The molecule has 0 unspecified atom stereocenters. The van der Waals surface area contributed by atoms with Gasteiger partial charge < -0.3 is 4.90 Å². The first kappa shape index (κ1) is 19.8. The number of nitriles is 1. The number of aromatic nitrogens is 2. The zero-order chi connectivity index (χ0) is 21.1. The van der Waals surface area contributed by atoms with Crippen LogP contribution in [-0.2, 0) is 6.42 Å². The van der Waals surface area contributed by atoms with Crippen LogP contribution in [0.5, 0.6) is 0 Å². The summed E-state index contributed by atoms with van der Waals surface area (Å²) in [7, 11) is 0. The number of para-hydroxylation sites is 2. The minimum Gasteiger partial charge on any atom is -0.372 e. The fourth-order valence-electron chi connectivity index (χ4n) is 4.13. The summed E-state index contributed by atoms with van der Waals surface area (Å²) in [5, 5.41) is 13.5. The number of anilines is 3. The highest BCUT2D eigenvalue weighted by atomic mass is 15.1. The molecule has 0 saturated heterocycles. The van der Waals surface area contributed by atoms with Crippen LogP contribution in [0, 0.1) is 11.3 Å². The van der Waals surface area contributed by atoms with Crippen LogP contribution >= 0.6 is 0 Å². The number of nitrogens with one attached hydrogen (secondary N) is 2. The van der Waals surface area contributed by atoms with Crippen LogP contribution in [0.15, 0.2) is 54.6 Å². The van der Waals surface area contributed by atoms with Gasteiger partial charge in [-0.05, 0) is 62.2 Å².